The molecule has 1 amide bonds. The molecule has 0 unspecified atom stereocenters. The molecular formula is C23H21FN2O2. The molecule has 4 nitrogen and oxygen atoms in total. The summed E-state index contributed by atoms with van der Waals surface area (Å²) in [6.45, 7) is 0. The maximum atomic E-state index is 13.2. The number of aliphatic hydroxyl groups is 1. The molecular weight excluding hydrogens is 355 g/mol. The maximum Gasteiger partial charge on any atom is 0.251 e. The summed E-state index contributed by atoms with van der Waals surface area (Å²) in [4.78, 5) is 17.3. The molecule has 0 aliphatic heterocycles. The van der Waals surface area contributed by atoms with E-state index in [9.17, 15) is 14.3 Å². The predicted molar refractivity (Wildman–Crippen MR) is 105 cm³/mol. The van der Waals surface area contributed by atoms with E-state index >= 15 is 0 Å². The topological polar surface area (TPSA) is 62.2 Å². The van der Waals surface area contributed by atoms with Crippen LogP contribution in [0.25, 0.3) is 11.1 Å². The number of rotatable bonds is 5. The molecule has 1 aliphatic carbocycles. The molecule has 2 aromatic carbocycles. The number of nitrogens with one attached hydrogen (secondary N) is 1. The van der Waals surface area contributed by atoms with Crippen LogP contribution in [-0.4, -0.2) is 22.1 Å². The van der Waals surface area contributed by atoms with Gasteiger partial charge in [-0.05, 0) is 66.3 Å². The monoisotopic (exact) mass is 376 g/mol. The maximum absolute atomic E-state index is 13.2. The van der Waals surface area contributed by atoms with Crippen molar-refractivity contribution < 1.29 is 14.3 Å². The van der Waals surface area contributed by atoms with Crippen molar-refractivity contribution in [1.82, 2.24) is 10.3 Å². The van der Waals surface area contributed by atoms with Crippen LogP contribution >= 0.6 is 0 Å². The van der Waals surface area contributed by atoms with Crippen molar-refractivity contribution in [2.45, 2.75) is 25.0 Å². The summed E-state index contributed by atoms with van der Waals surface area (Å²) in [5.74, 6) is -0.325. The van der Waals surface area contributed by atoms with Gasteiger partial charge < -0.3 is 10.4 Å². The molecule has 0 spiro atoms. The van der Waals surface area contributed by atoms with Crippen LogP contribution in [0.15, 0.2) is 72.9 Å². The fourth-order valence-corrected chi connectivity index (χ4v) is 3.60. The highest BCUT2D eigenvalue weighted by atomic mass is 19.1. The van der Waals surface area contributed by atoms with Gasteiger partial charge in [-0.15, -0.1) is 0 Å². The Hall–Kier alpha value is -3.05. The van der Waals surface area contributed by atoms with Crippen molar-refractivity contribution in [3.63, 3.8) is 0 Å². The average Bonchev–Trinajstić information content (AvgIpc) is 2.71. The van der Waals surface area contributed by atoms with Crippen LogP contribution in [0.5, 0.6) is 0 Å². The molecule has 1 aliphatic rings. The van der Waals surface area contributed by atoms with Gasteiger partial charge in [0.25, 0.3) is 5.91 Å². The molecule has 0 radical (unpaired) electrons. The lowest BCUT2D eigenvalue weighted by atomic mass is 9.76. The molecule has 28 heavy (non-hydrogen) atoms. The van der Waals surface area contributed by atoms with Crippen LogP contribution in [0, 0.1) is 11.7 Å². The second kappa shape index (κ2) is 7.90. The first-order valence-corrected chi connectivity index (χ1v) is 9.36. The minimum Gasteiger partial charge on any atom is -0.393 e. The molecule has 1 saturated carbocycles. The highest BCUT2D eigenvalue weighted by Gasteiger charge is 2.36. The lowest BCUT2D eigenvalue weighted by Gasteiger charge is -2.37. The van der Waals surface area contributed by atoms with Crippen LogP contribution in [0.2, 0.25) is 0 Å². The molecule has 5 heteroatoms. The number of nitrogens with zero attached hydrogens (tertiary/aromatic N) is 1. The molecule has 2 N–H and O–H groups in total. The molecule has 1 heterocycles. The Labute approximate surface area is 163 Å². The van der Waals surface area contributed by atoms with E-state index in [2.05, 4.69) is 10.3 Å². The third-order valence-electron chi connectivity index (χ3n) is 5.22. The van der Waals surface area contributed by atoms with E-state index < -0.39 is 0 Å². The highest BCUT2D eigenvalue weighted by molar-refractivity contribution is 5.95. The van der Waals surface area contributed by atoms with Crippen molar-refractivity contribution >= 4 is 5.91 Å². The van der Waals surface area contributed by atoms with Crippen molar-refractivity contribution in [3.05, 3.63) is 90.0 Å². The van der Waals surface area contributed by atoms with E-state index in [1.807, 2.05) is 30.3 Å². The van der Waals surface area contributed by atoms with Gasteiger partial charge >= 0.3 is 0 Å². The zero-order chi connectivity index (χ0) is 19.5. The van der Waals surface area contributed by atoms with Crippen LogP contribution in [0.4, 0.5) is 4.39 Å². The number of amides is 1. The first kappa shape index (κ1) is 18.3. The minimum atomic E-state index is -0.310. The summed E-state index contributed by atoms with van der Waals surface area (Å²) in [5.41, 5.74) is 3.02. The van der Waals surface area contributed by atoms with Crippen molar-refractivity contribution in [2.75, 3.05) is 0 Å². The standard InChI is InChI=1S/C23H21FN2O2/c24-19-9-7-15(8-10-19)16-4-3-5-17(12-16)23(28)26-22(18-13-20(27)14-18)21-6-1-2-11-25-21/h1-12,18,20,22,27H,13-14H2,(H,26,28)/t18?,20?,22-/m1/s1. The van der Waals surface area contributed by atoms with Crippen LogP contribution < -0.4 is 5.32 Å². The summed E-state index contributed by atoms with van der Waals surface area (Å²) in [7, 11) is 0. The van der Waals surface area contributed by atoms with E-state index in [-0.39, 0.29) is 29.8 Å². The number of hydrogen-bond donors (Lipinski definition) is 2. The summed E-state index contributed by atoms with van der Waals surface area (Å²) >= 11 is 0. The molecule has 1 fully saturated rings. The van der Waals surface area contributed by atoms with Gasteiger partial charge in [0.1, 0.15) is 5.82 Å². The summed E-state index contributed by atoms with van der Waals surface area (Å²) < 4.78 is 13.2. The Balaban J connectivity index is 1.56. The van der Waals surface area contributed by atoms with Gasteiger partial charge in [-0.1, -0.05) is 30.3 Å². The quantitative estimate of drug-likeness (QED) is 0.704. The number of carbonyl (C=O) groups excluding carboxylic acids is 1. The number of carbonyl (C=O) groups is 1. The molecule has 0 bridgehead atoms. The van der Waals surface area contributed by atoms with Gasteiger partial charge in [-0.3, -0.25) is 9.78 Å². The van der Waals surface area contributed by atoms with E-state index in [1.54, 1.807) is 30.5 Å². The van der Waals surface area contributed by atoms with E-state index in [0.717, 1.165) is 16.8 Å². The highest BCUT2D eigenvalue weighted by Crippen LogP contribution is 2.37. The van der Waals surface area contributed by atoms with Crippen LogP contribution in [-0.2, 0) is 0 Å². The first-order valence-electron chi connectivity index (χ1n) is 9.36. The summed E-state index contributed by atoms with van der Waals surface area (Å²) in [6, 6.07) is 18.8. The van der Waals surface area contributed by atoms with Gasteiger partial charge in [0.15, 0.2) is 0 Å². The zero-order valence-corrected chi connectivity index (χ0v) is 15.3. The lowest BCUT2D eigenvalue weighted by molar-refractivity contribution is 0.0228. The van der Waals surface area contributed by atoms with E-state index in [1.165, 1.54) is 12.1 Å². The Morgan fingerprint density at radius 2 is 1.82 bits per heavy atom. The van der Waals surface area contributed by atoms with Crippen molar-refractivity contribution in [1.29, 1.82) is 0 Å². The molecule has 0 saturated heterocycles. The summed E-state index contributed by atoms with van der Waals surface area (Å²) in [5, 5.41) is 12.8. The molecule has 142 valence electrons. The molecule has 3 aromatic rings. The Bertz CT molecular complexity index is 954. The Kier molecular flexibility index (Phi) is 5.17. The largest absolute Gasteiger partial charge is 0.393 e. The van der Waals surface area contributed by atoms with Crippen molar-refractivity contribution in [2.24, 2.45) is 5.92 Å². The third-order valence-corrected chi connectivity index (χ3v) is 5.22. The number of aromatic nitrogens is 1. The van der Waals surface area contributed by atoms with Gasteiger partial charge in [0.2, 0.25) is 0 Å². The third kappa shape index (κ3) is 3.94. The Morgan fingerprint density at radius 3 is 2.50 bits per heavy atom. The SMILES string of the molecule is O=C(N[C@@H](c1ccccn1)C1CC(O)C1)c1cccc(-c2ccc(F)cc2)c1. The second-order valence-corrected chi connectivity index (χ2v) is 7.18. The van der Waals surface area contributed by atoms with E-state index in [0.29, 0.717) is 18.4 Å². The second-order valence-electron chi connectivity index (χ2n) is 7.18. The van der Waals surface area contributed by atoms with Crippen molar-refractivity contribution in [3.8, 4) is 11.1 Å². The normalized spacial score (nSPS) is 19.5. The fraction of sp³-hybridized carbons (Fsp3) is 0.217. The van der Waals surface area contributed by atoms with Gasteiger partial charge in [0, 0.05) is 11.8 Å². The number of benzene rings is 2. The van der Waals surface area contributed by atoms with Gasteiger partial charge in [0.05, 0.1) is 17.8 Å². The van der Waals surface area contributed by atoms with Crippen LogP contribution in [0.3, 0.4) is 0 Å². The molecule has 1 aromatic heterocycles. The van der Waals surface area contributed by atoms with Crippen LogP contribution in [0.1, 0.15) is 34.9 Å². The molecule has 4 rings (SSSR count). The predicted octanol–water partition coefficient (Wildman–Crippen LogP) is 4.13. The smallest absolute Gasteiger partial charge is 0.251 e. The van der Waals surface area contributed by atoms with Gasteiger partial charge in [-0.2, -0.15) is 0 Å². The fourth-order valence-electron chi connectivity index (χ4n) is 3.60. The summed E-state index contributed by atoms with van der Waals surface area (Å²) in [6.07, 6.45) is 2.70. The number of aliphatic hydroxyl groups excluding tert-OH is 1. The lowest BCUT2D eigenvalue weighted by Crippen LogP contribution is -2.41. The average molecular weight is 376 g/mol. The van der Waals surface area contributed by atoms with E-state index in [4.69, 9.17) is 0 Å². The number of halogens is 1. The number of hydrogen-bond acceptors (Lipinski definition) is 3. The molecule has 1 atom stereocenters. The number of pyridine rings is 1. The van der Waals surface area contributed by atoms with Gasteiger partial charge in [-0.25, -0.2) is 4.39 Å². The zero-order valence-electron chi connectivity index (χ0n) is 15.3. The Morgan fingerprint density at radius 1 is 1.04 bits per heavy atom. The first-order chi connectivity index (χ1) is 13.6. The minimum absolute atomic E-state index is 0.161.